The van der Waals surface area contributed by atoms with Gasteiger partial charge in [0.15, 0.2) is 5.69 Å². The van der Waals surface area contributed by atoms with E-state index in [0.717, 1.165) is 0 Å². The maximum absolute atomic E-state index is 10.6. The third kappa shape index (κ3) is 2.92. The van der Waals surface area contributed by atoms with Crippen molar-refractivity contribution in [3.63, 3.8) is 0 Å². The van der Waals surface area contributed by atoms with Crippen molar-refractivity contribution in [2.75, 3.05) is 0 Å². The first-order chi connectivity index (χ1) is 6.40. The van der Waals surface area contributed by atoms with E-state index in [-0.39, 0.29) is 11.3 Å². The highest BCUT2D eigenvalue weighted by Crippen LogP contribution is 2.39. The molecular weight excluding hydrogens is 209 g/mol. The van der Waals surface area contributed by atoms with Gasteiger partial charge in [-0.25, -0.2) is 9.78 Å². The molecular formula is C7H8NO5P. The minimum absolute atomic E-state index is 0.0355. The molecule has 0 fully saturated rings. The molecule has 1 aromatic heterocycles. The summed E-state index contributed by atoms with van der Waals surface area (Å²) in [5.74, 6) is -1.30. The second kappa shape index (κ2) is 3.88. The van der Waals surface area contributed by atoms with E-state index in [4.69, 9.17) is 14.9 Å². The van der Waals surface area contributed by atoms with E-state index in [0.29, 0.717) is 0 Å². The molecule has 6 nitrogen and oxygen atoms in total. The number of nitrogens with zero attached hydrogens (tertiary/aromatic N) is 1. The first-order valence-electron chi connectivity index (χ1n) is 3.62. The standard InChI is InChI=1S/C7H8NO5P/c9-7(10)6-5(2-1-3-8-6)4-14(11,12)13/h1-3H,4H2,(H,9,10)(H2,11,12,13). The molecule has 76 valence electrons. The van der Waals surface area contributed by atoms with Gasteiger partial charge in [0.1, 0.15) is 0 Å². The zero-order valence-electron chi connectivity index (χ0n) is 6.99. The van der Waals surface area contributed by atoms with Gasteiger partial charge in [0.25, 0.3) is 0 Å². The molecule has 0 saturated carbocycles. The molecule has 1 heterocycles. The Morgan fingerprint density at radius 3 is 2.64 bits per heavy atom. The molecule has 3 N–H and O–H groups in total. The molecule has 0 saturated heterocycles. The van der Waals surface area contributed by atoms with E-state index < -0.39 is 19.7 Å². The fourth-order valence-corrected chi connectivity index (χ4v) is 1.68. The Morgan fingerprint density at radius 1 is 1.50 bits per heavy atom. The Hall–Kier alpha value is -1.23. The zero-order chi connectivity index (χ0) is 10.8. The summed E-state index contributed by atoms with van der Waals surface area (Å²) in [7, 11) is -4.26. The van der Waals surface area contributed by atoms with Crippen LogP contribution in [0, 0.1) is 0 Å². The number of carboxylic acids is 1. The SMILES string of the molecule is O=C(O)c1ncccc1CP(=O)(O)O. The Labute approximate surface area is 79.4 Å². The fraction of sp³-hybridized carbons (Fsp3) is 0.143. The number of aromatic nitrogens is 1. The zero-order valence-corrected chi connectivity index (χ0v) is 7.89. The van der Waals surface area contributed by atoms with Gasteiger partial charge in [-0.1, -0.05) is 6.07 Å². The number of hydrogen-bond acceptors (Lipinski definition) is 3. The van der Waals surface area contributed by atoms with Gasteiger partial charge >= 0.3 is 13.6 Å². The van der Waals surface area contributed by atoms with Crippen molar-refractivity contribution in [2.45, 2.75) is 6.16 Å². The van der Waals surface area contributed by atoms with Crippen LogP contribution in [0.3, 0.4) is 0 Å². The van der Waals surface area contributed by atoms with Crippen molar-refractivity contribution in [3.05, 3.63) is 29.6 Å². The summed E-state index contributed by atoms with van der Waals surface area (Å²) in [4.78, 5) is 31.4. The summed E-state index contributed by atoms with van der Waals surface area (Å²) in [5.41, 5.74) is -0.288. The van der Waals surface area contributed by atoms with E-state index in [9.17, 15) is 9.36 Å². The van der Waals surface area contributed by atoms with Crippen molar-refractivity contribution in [3.8, 4) is 0 Å². The van der Waals surface area contributed by atoms with E-state index in [2.05, 4.69) is 4.98 Å². The average molecular weight is 217 g/mol. The molecule has 1 aromatic rings. The highest BCUT2D eigenvalue weighted by molar-refractivity contribution is 7.50. The molecule has 14 heavy (non-hydrogen) atoms. The van der Waals surface area contributed by atoms with Gasteiger partial charge in [-0.3, -0.25) is 4.57 Å². The monoisotopic (exact) mass is 217 g/mol. The van der Waals surface area contributed by atoms with Crippen LogP contribution < -0.4 is 0 Å². The van der Waals surface area contributed by atoms with Crippen LogP contribution >= 0.6 is 7.60 Å². The third-order valence-corrected chi connectivity index (χ3v) is 2.22. The van der Waals surface area contributed by atoms with E-state index in [1.807, 2.05) is 0 Å². The van der Waals surface area contributed by atoms with Crippen molar-refractivity contribution < 1.29 is 24.3 Å². The molecule has 0 amide bonds. The Bertz CT molecular complexity index is 399. The number of carbonyl (C=O) groups is 1. The van der Waals surface area contributed by atoms with E-state index in [1.54, 1.807) is 0 Å². The minimum atomic E-state index is -4.26. The Balaban J connectivity index is 3.08. The van der Waals surface area contributed by atoms with Crippen molar-refractivity contribution >= 4 is 13.6 Å². The van der Waals surface area contributed by atoms with Gasteiger partial charge in [0.2, 0.25) is 0 Å². The molecule has 0 aliphatic carbocycles. The lowest BCUT2D eigenvalue weighted by atomic mass is 10.2. The summed E-state index contributed by atoms with van der Waals surface area (Å²) in [6.45, 7) is 0. The van der Waals surface area contributed by atoms with Crippen molar-refractivity contribution in [1.29, 1.82) is 0 Å². The van der Waals surface area contributed by atoms with E-state index >= 15 is 0 Å². The number of carboxylic acid groups (broad SMARTS) is 1. The molecule has 0 spiro atoms. The largest absolute Gasteiger partial charge is 0.477 e. The van der Waals surface area contributed by atoms with Crippen LogP contribution in [0.4, 0.5) is 0 Å². The fourth-order valence-electron chi connectivity index (χ4n) is 0.981. The third-order valence-electron chi connectivity index (χ3n) is 1.47. The highest BCUT2D eigenvalue weighted by atomic mass is 31.2. The van der Waals surface area contributed by atoms with Crippen LogP contribution in [0.1, 0.15) is 16.1 Å². The van der Waals surface area contributed by atoms with Crippen molar-refractivity contribution in [1.82, 2.24) is 4.98 Å². The lowest BCUT2D eigenvalue weighted by Gasteiger charge is -2.05. The minimum Gasteiger partial charge on any atom is -0.477 e. The lowest BCUT2D eigenvalue weighted by Crippen LogP contribution is -2.05. The van der Waals surface area contributed by atoms with Crippen LogP contribution in [-0.2, 0) is 10.7 Å². The smallest absolute Gasteiger partial charge is 0.354 e. The number of hydrogen-bond donors (Lipinski definition) is 3. The van der Waals surface area contributed by atoms with Gasteiger partial charge in [-0.05, 0) is 11.6 Å². The molecule has 0 radical (unpaired) electrons. The topological polar surface area (TPSA) is 108 Å². The number of rotatable bonds is 3. The van der Waals surface area contributed by atoms with Gasteiger partial charge in [-0.2, -0.15) is 0 Å². The summed E-state index contributed by atoms with van der Waals surface area (Å²) in [6, 6.07) is 2.76. The molecule has 0 aliphatic rings. The lowest BCUT2D eigenvalue weighted by molar-refractivity contribution is 0.0689. The molecule has 0 unspecified atom stereocenters. The number of pyridine rings is 1. The van der Waals surface area contributed by atoms with Gasteiger partial charge in [0.05, 0.1) is 6.16 Å². The summed E-state index contributed by atoms with van der Waals surface area (Å²) in [5, 5.41) is 8.65. The van der Waals surface area contributed by atoms with Crippen LogP contribution in [-0.4, -0.2) is 25.8 Å². The maximum atomic E-state index is 10.6. The van der Waals surface area contributed by atoms with Gasteiger partial charge in [-0.15, -0.1) is 0 Å². The van der Waals surface area contributed by atoms with Crippen LogP contribution in [0.25, 0.3) is 0 Å². The normalized spacial score (nSPS) is 11.3. The first-order valence-corrected chi connectivity index (χ1v) is 5.41. The maximum Gasteiger partial charge on any atom is 0.354 e. The Kier molecular flexibility index (Phi) is 3.00. The van der Waals surface area contributed by atoms with Gasteiger partial charge in [0, 0.05) is 6.20 Å². The summed E-state index contributed by atoms with van der Waals surface area (Å²) < 4.78 is 10.6. The first kappa shape index (κ1) is 10.8. The summed E-state index contributed by atoms with van der Waals surface area (Å²) >= 11 is 0. The molecule has 0 atom stereocenters. The molecule has 7 heteroatoms. The predicted molar refractivity (Wildman–Crippen MR) is 46.9 cm³/mol. The molecule has 1 rings (SSSR count). The quantitative estimate of drug-likeness (QED) is 0.634. The average Bonchev–Trinajstić information content (AvgIpc) is 2.01. The Morgan fingerprint density at radius 2 is 2.14 bits per heavy atom. The second-order valence-corrected chi connectivity index (χ2v) is 4.28. The molecule has 0 aliphatic heterocycles. The van der Waals surface area contributed by atoms with E-state index in [1.165, 1.54) is 18.3 Å². The van der Waals surface area contributed by atoms with Crippen LogP contribution in [0.5, 0.6) is 0 Å². The molecule has 0 bridgehead atoms. The second-order valence-electron chi connectivity index (χ2n) is 2.64. The van der Waals surface area contributed by atoms with Gasteiger partial charge < -0.3 is 14.9 Å². The number of aromatic carboxylic acids is 1. The highest BCUT2D eigenvalue weighted by Gasteiger charge is 2.19. The predicted octanol–water partition coefficient (Wildman–Crippen LogP) is 0.457. The summed E-state index contributed by atoms with van der Waals surface area (Å²) in [6.07, 6.45) is 0.648. The van der Waals surface area contributed by atoms with Crippen molar-refractivity contribution in [2.24, 2.45) is 0 Å². The molecule has 0 aromatic carbocycles. The van der Waals surface area contributed by atoms with Crippen LogP contribution in [0.2, 0.25) is 0 Å². The van der Waals surface area contributed by atoms with Crippen LogP contribution in [0.15, 0.2) is 18.3 Å².